The molecule has 94 valence electrons. The first-order valence-electron chi connectivity index (χ1n) is 6.01. The fourth-order valence-corrected chi connectivity index (χ4v) is 1.98. The van der Waals surface area contributed by atoms with Crippen LogP contribution in [-0.4, -0.2) is 19.2 Å². The van der Waals surface area contributed by atoms with Crippen LogP contribution in [0.15, 0.2) is 12.1 Å². The molecule has 3 heteroatoms. The number of esters is 1. The highest BCUT2D eigenvalue weighted by atomic mass is 16.5. The molecule has 0 bridgehead atoms. The number of rotatable bonds is 1. The Hall–Kier alpha value is -1.51. The van der Waals surface area contributed by atoms with E-state index in [0.29, 0.717) is 11.3 Å². The molecule has 2 rings (SSSR count). The van der Waals surface area contributed by atoms with Gasteiger partial charge in [-0.3, -0.25) is 0 Å². The molecule has 0 fully saturated rings. The second-order valence-corrected chi connectivity index (χ2v) is 3.87. The van der Waals surface area contributed by atoms with Gasteiger partial charge in [0.25, 0.3) is 0 Å². The molecule has 0 saturated carbocycles. The third-order valence-electron chi connectivity index (χ3n) is 2.66. The highest BCUT2D eigenvalue weighted by Crippen LogP contribution is 2.31. The van der Waals surface area contributed by atoms with Gasteiger partial charge >= 0.3 is 5.97 Å². The predicted octanol–water partition coefficient (Wildman–Crippen LogP) is 3.13. The van der Waals surface area contributed by atoms with E-state index in [-0.39, 0.29) is 12.1 Å². The molecule has 0 spiro atoms. The monoisotopic (exact) mass is 236 g/mol. The summed E-state index contributed by atoms with van der Waals surface area (Å²) in [5.41, 5.74) is 2.57. The molecule has 0 saturated heterocycles. The van der Waals surface area contributed by atoms with E-state index in [4.69, 9.17) is 9.47 Å². The Morgan fingerprint density at radius 3 is 2.59 bits per heavy atom. The average molecular weight is 236 g/mol. The standard InChI is InChI=1S/C12H14O3.C2H6/c1-7-4-5-9-6-8(2)15-12(13)10(9)11(7)14-3;1-2/h4-5,8H,6H2,1-3H3;1-2H3. The number of ether oxygens (including phenoxy) is 2. The fraction of sp³-hybridized carbons (Fsp3) is 0.500. The molecule has 1 aliphatic rings. The van der Waals surface area contributed by atoms with Gasteiger partial charge in [-0.2, -0.15) is 0 Å². The first-order chi connectivity index (χ1) is 8.13. The lowest BCUT2D eigenvalue weighted by molar-refractivity contribution is 0.0296. The molecule has 1 heterocycles. The number of methoxy groups -OCH3 is 1. The maximum Gasteiger partial charge on any atom is 0.342 e. The third kappa shape index (κ3) is 2.60. The number of cyclic esters (lactones) is 1. The molecule has 1 atom stereocenters. The summed E-state index contributed by atoms with van der Waals surface area (Å²) in [5, 5.41) is 0. The quantitative estimate of drug-likeness (QED) is 0.703. The molecule has 3 nitrogen and oxygen atoms in total. The Kier molecular flexibility index (Phi) is 4.55. The Morgan fingerprint density at radius 1 is 1.35 bits per heavy atom. The molecular formula is C14H20O3. The van der Waals surface area contributed by atoms with E-state index >= 15 is 0 Å². The molecule has 0 radical (unpaired) electrons. The predicted molar refractivity (Wildman–Crippen MR) is 67.7 cm³/mol. The van der Waals surface area contributed by atoms with Crippen LogP contribution in [0.2, 0.25) is 0 Å². The number of benzene rings is 1. The van der Waals surface area contributed by atoms with E-state index in [1.165, 1.54) is 0 Å². The third-order valence-corrected chi connectivity index (χ3v) is 2.66. The second kappa shape index (κ2) is 5.71. The van der Waals surface area contributed by atoms with Crippen molar-refractivity contribution in [3.8, 4) is 5.75 Å². The average Bonchev–Trinajstić information content (AvgIpc) is 2.32. The van der Waals surface area contributed by atoms with Crippen LogP contribution in [0.3, 0.4) is 0 Å². The largest absolute Gasteiger partial charge is 0.496 e. The highest BCUT2D eigenvalue weighted by Gasteiger charge is 2.27. The summed E-state index contributed by atoms with van der Waals surface area (Å²) in [6.45, 7) is 7.82. The van der Waals surface area contributed by atoms with Gasteiger partial charge in [-0.05, 0) is 25.0 Å². The lowest BCUT2D eigenvalue weighted by Gasteiger charge is -2.23. The van der Waals surface area contributed by atoms with Gasteiger partial charge in [-0.15, -0.1) is 0 Å². The normalized spacial score (nSPS) is 17.5. The summed E-state index contributed by atoms with van der Waals surface area (Å²) < 4.78 is 10.4. The molecule has 0 amide bonds. The van der Waals surface area contributed by atoms with E-state index in [1.54, 1.807) is 7.11 Å². The number of carbonyl (C=O) groups is 1. The minimum absolute atomic E-state index is 0.0441. The number of aryl methyl sites for hydroxylation is 1. The van der Waals surface area contributed by atoms with Crippen molar-refractivity contribution in [2.45, 2.75) is 40.2 Å². The minimum atomic E-state index is -0.274. The van der Waals surface area contributed by atoms with Crippen molar-refractivity contribution in [1.82, 2.24) is 0 Å². The van der Waals surface area contributed by atoms with Crippen molar-refractivity contribution in [3.05, 3.63) is 28.8 Å². The first-order valence-corrected chi connectivity index (χ1v) is 6.01. The van der Waals surface area contributed by atoms with Crippen molar-refractivity contribution < 1.29 is 14.3 Å². The van der Waals surface area contributed by atoms with Gasteiger partial charge in [0.2, 0.25) is 0 Å². The summed E-state index contributed by atoms with van der Waals surface area (Å²) in [6, 6.07) is 3.95. The van der Waals surface area contributed by atoms with Gasteiger partial charge in [-0.25, -0.2) is 4.79 Å². The van der Waals surface area contributed by atoms with E-state index in [2.05, 4.69) is 0 Å². The van der Waals surface area contributed by atoms with Crippen LogP contribution < -0.4 is 4.74 Å². The van der Waals surface area contributed by atoms with Crippen molar-refractivity contribution in [2.24, 2.45) is 0 Å². The molecule has 1 unspecified atom stereocenters. The van der Waals surface area contributed by atoms with Gasteiger partial charge < -0.3 is 9.47 Å². The first kappa shape index (κ1) is 13.6. The summed E-state index contributed by atoms with van der Waals surface area (Å²) in [6.07, 6.45) is 0.718. The minimum Gasteiger partial charge on any atom is -0.496 e. The zero-order chi connectivity index (χ0) is 13.0. The molecule has 1 aromatic rings. The zero-order valence-electron chi connectivity index (χ0n) is 11.2. The van der Waals surface area contributed by atoms with Crippen LogP contribution >= 0.6 is 0 Å². The van der Waals surface area contributed by atoms with Crippen molar-refractivity contribution in [3.63, 3.8) is 0 Å². The van der Waals surface area contributed by atoms with Crippen molar-refractivity contribution >= 4 is 5.97 Å². The van der Waals surface area contributed by atoms with Crippen LogP contribution in [0.4, 0.5) is 0 Å². The summed E-state index contributed by atoms with van der Waals surface area (Å²) >= 11 is 0. The Balaban J connectivity index is 0.000000686. The van der Waals surface area contributed by atoms with Crippen LogP contribution in [0, 0.1) is 6.92 Å². The molecule has 17 heavy (non-hydrogen) atoms. The van der Waals surface area contributed by atoms with E-state index < -0.39 is 0 Å². The highest BCUT2D eigenvalue weighted by molar-refractivity contribution is 5.95. The van der Waals surface area contributed by atoms with Crippen LogP contribution in [0.5, 0.6) is 5.75 Å². The molecule has 0 aliphatic carbocycles. The molecule has 1 aromatic carbocycles. The van der Waals surface area contributed by atoms with Crippen LogP contribution in [0.25, 0.3) is 0 Å². The smallest absolute Gasteiger partial charge is 0.342 e. The van der Waals surface area contributed by atoms with E-state index in [9.17, 15) is 4.79 Å². The Morgan fingerprint density at radius 2 is 2.00 bits per heavy atom. The summed E-state index contributed by atoms with van der Waals surface area (Å²) in [5.74, 6) is 0.369. The Labute approximate surface area is 103 Å². The summed E-state index contributed by atoms with van der Waals surface area (Å²) in [4.78, 5) is 11.7. The molecule has 1 aliphatic heterocycles. The zero-order valence-corrected chi connectivity index (χ0v) is 11.2. The molecule has 0 N–H and O–H groups in total. The maximum atomic E-state index is 11.7. The number of fused-ring (bicyclic) bond motifs is 1. The van der Waals surface area contributed by atoms with Gasteiger partial charge in [0.15, 0.2) is 0 Å². The lowest BCUT2D eigenvalue weighted by atomic mass is 9.96. The van der Waals surface area contributed by atoms with Gasteiger partial charge in [0, 0.05) is 6.42 Å². The molecular weight excluding hydrogens is 216 g/mol. The van der Waals surface area contributed by atoms with Crippen LogP contribution in [0.1, 0.15) is 42.3 Å². The molecule has 0 aromatic heterocycles. The Bertz CT molecular complexity index is 410. The number of hydrogen-bond acceptors (Lipinski definition) is 3. The van der Waals surface area contributed by atoms with Gasteiger partial charge in [0.05, 0.1) is 7.11 Å². The topological polar surface area (TPSA) is 35.5 Å². The maximum absolute atomic E-state index is 11.7. The fourth-order valence-electron chi connectivity index (χ4n) is 1.98. The number of carbonyl (C=O) groups excluding carboxylic acids is 1. The van der Waals surface area contributed by atoms with Gasteiger partial charge in [0.1, 0.15) is 17.4 Å². The van der Waals surface area contributed by atoms with Crippen LogP contribution in [-0.2, 0) is 11.2 Å². The number of hydrogen-bond donors (Lipinski definition) is 0. The lowest BCUT2D eigenvalue weighted by Crippen LogP contribution is -2.25. The van der Waals surface area contributed by atoms with E-state index in [0.717, 1.165) is 17.5 Å². The summed E-state index contributed by atoms with van der Waals surface area (Å²) in [7, 11) is 1.58. The second-order valence-electron chi connectivity index (χ2n) is 3.87. The van der Waals surface area contributed by atoms with Crippen molar-refractivity contribution in [1.29, 1.82) is 0 Å². The van der Waals surface area contributed by atoms with Gasteiger partial charge in [-0.1, -0.05) is 26.0 Å². The SMILES string of the molecule is CC.COc1c(C)ccc2c1C(=O)OC(C)C2. The van der Waals surface area contributed by atoms with Crippen molar-refractivity contribution in [2.75, 3.05) is 7.11 Å². The van der Waals surface area contributed by atoms with E-state index in [1.807, 2.05) is 39.8 Å².